The van der Waals surface area contributed by atoms with Gasteiger partial charge in [0, 0.05) is 30.7 Å². The van der Waals surface area contributed by atoms with Crippen LogP contribution in [0.2, 0.25) is 0 Å². The molecule has 1 saturated heterocycles. The van der Waals surface area contributed by atoms with E-state index in [1.807, 2.05) is 17.1 Å². The highest BCUT2D eigenvalue weighted by molar-refractivity contribution is 5.35. The normalized spacial score (nSPS) is 20.8. The molecule has 1 fully saturated rings. The second-order valence-corrected chi connectivity index (χ2v) is 6.11. The largest absolute Gasteiger partial charge is 0.310 e. The van der Waals surface area contributed by atoms with Crippen molar-refractivity contribution in [1.29, 1.82) is 0 Å². The van der Waals surface area contributed by atoms with Crippen LogP contribution >= 0.6 is 0 Å². The van der Waals surface area contributed by atoms with Gasteiger partial charge in [-0.3, -0.25) is 0 Å². The Morgan fingerprint density at radius 3 is 2.76 bits per heavy atom. The second-order valence-electron chi connectivity index (χ2n) is 6.11. The molecule has 3 rings (SSSR count). The van der Waals surface area contributed by atoms with E-state index in [0.29, 0.717) is 6.04 Å². The van der Waals surface area contributed by atoms with Gasteiger partial charge in [0.2, 0.25) is 0 Å². The van der Waals surface area contributed by atoms with Crippen molar-refractivity contribution in [3.8, 4) is 5.69 Å². The van der Waals surface area contributed by atoms with Crippen molar-refractivity contribution >= 4 is 0 Å². The predicted molar refractivity (Wildman–Crippen MR) is 85.6 cm³/mol. The number of aromatic nitrogens is 2. The number of nitrogens with zero attached hydrogens (tertiary/aromatic N) is 3. The molecule has 1 aliphatic heterocycles. The highest BCUT2D eigenvalue weighted by atomic mass is 15.1. The quantitative estimate of drug-likeness (QED) is 0.915. The van der Waals surface area contributed by atoms with Crippen LogP contribution in [0.15, 0.2) is 43.0 Å². The molecule has 112 valence electrons. The van der Waals surface area contributed by atoms with Gasteiger partial charge in [0.25, 0.3) is 0 Å². The lowest BCUT2D eigenvalue weighted by Gasteiger charge is -2.18. The summed E-state index contributed by atoms with van der Waals surface area (Å²) in [4.78, 5) is 6.50. The molecule has 1 aliphatic rings. The average Bonchev–Trinajstić information content (AvgIpc) is 3.16. The standard InChI is InChI=1S/C17H24N4/c1-14(19-11-15-7-9-20(2)12-15)16-3-5-17(6-4-16)21-10-8-18-13-21/h3-6,8,10,13-15,19H,7,9,11-12H2,1-2H3. The summed E-state index contributed by atoms with van der Waals surface area (Å²) in [6.45, 7) is 5.80. The fourth-order valence-corrected chi connectivity index (χ4v) is 3.00. The summed E-state index contributed by atoms with van der Waals surface area (Å²) in [6.07, 6.45) is 6.91. The summed E-state index contributed by atoms with van der Waals surface area (Å²) in [5, 5.41) is 3.67. The Balaban J connectivity index is 1.56. The third-order valence-corrected chi connectivity index (χ3v) is 4.40. The van der Waals surface area contributed by atoms with Crippen LogP contribution in [0.1, 0.15) is 24.9 Å². The van der Waals surface area contributed by atoms with Crippen molar-refractivity contribution in [2.45, 2.75) is 19.4 Å². The first-order valence-corrected chi connectivity index (χ1v) is 7.72. The van der Waals surface area contributed by atoms with Gasteiger partial charge in [0.15, 0.2) is 0 Å². The van der Waals surface area contributed by atoms with E-state index < -0.39 is 0 Å². The van der Waals surface area contributed by atoms with Crippen molar-refractivity contribution in [3.05, 3.63) is 48.5 Å². The molecule has 0 amide bonds. The van der Waals surface area contributed by atoms with Gasteiger partial charge in [-0.25, -0.2) is 4.98 Å². The fraction of sp³-hybridized carbons (Fsp3) is 0.471. The summed E-state index contributed by atoms with van der Waals surface area (Å²) >= 11 is 0. The molecule has 0 spiro atoms. The number of imidazole rings is 1. The summed E-state index contributed by atoms with van der Waals surface area (Å²) in [7, 11) is 2.21. The maximum absolute atomic E-state index is 4.08. The molecule has 4 heteroatoms. The van der Waals surface area contributed by atoms with Crippen LogP contribution in [-0.4, -0.2) is 41.1 Å². The van der Waals surface area contributed by atoms with Gasteiger partial charge in [-0.2, -0.15) is 0 Å². The van der Waals surface area contributed by atoms with Gasteiger partial charge in [-0.05, 0) is 57.1 Å². The maximum atomic E-state index is 4.08. The SMILES string of the molecule is CC(NCC1CCN(C)C1)c1ccc(-n2ccnc2)cc1. The van der Waals surface area contributed by atoms with Crippen molar-refractivity contribution in [3.63, 3.8) is 0 Å². The van der Waals surface area contributed by atoms with Gasteiger partial charge < -0.3 is 14.8 Å². The number of nitrogens with one attached hydrogen (secondary N) is 1. The zero-order valence-corrected chi connectivity index (χ0v) is 12.9. The summed E-state index contributed by atoms with van der Waals surface area (Å²) in [5.41, 5.74) is 2.49. The highest BCUT2D eigenvalue weighted by Gasteiger charge is 2.19. The lowest BCUT2D eigenvalue weighted by atomic mass is 10.1. The van der Waals surface area contributed by atoms with Crippen LogP contribution in [-0.2, 0) is 0 Å². The monoisotopic (exact) mass is 284 g/mol. The summed E-state index contributed by atoms with van der Waals surface area (Å²) in [5.74, 6) is 0.794. The topological polar surface area (TPSA) is 33.1 Å². The molecule has 0 aliphatic carbocycles. The van der Waals surface area contributed by atoms with E-state index in [4.69, 9.17) is 0 Å². The van der Waals surface area contributed by atoms with Crippen molar-refractivity contribution in [2.75, 3.05) is 26.7 Å². The smallest absolute Gasteiger partial charge is 0.0991 e. The zero-order chi connectivity index (χ0) is 14.7. The number of benzene rings is 1. The molecular weight excluding hydrogens is 260 g/mol. The Morgan fingerprint density at radius 1 is 1.33 bits per heavy atom. The maximum Gasteiger partial charge on any atom is 0.0991 e. The third kappa shape index (κ3) is 3.52. The van der Waals surface area contributed by atoms with E-state index in [1.54, 1.807) is 6.20 Å². The van der Waals surface area contributed by atoms with Crippen LogP contribution in [0.25, 0.3) is 5.69 Å². The lowest BCUT2D eigenvalue weighted by molar-refractivity contribution is 0.382. The first kappa shape index (κ1) is 14.3. The van der Waals surface area contributed by atoms with E-state index in [1.165, 1.54) is 25.1 Å². The van der Waals surface area contributed by atoms with Crippen LogP contribution in [0.3, 0.4) is 0 Å². The van der Waals surface area contributed by atoms with E-state index in [0.717, 1.165) is 18.2 Å². The number of hydrogen-bond donors (Lipinski definition) is 1. The van der Waals surface area contributed by atoms with E-state index >= 15 is 0 Å². The summed E-state index contributed by atoms with van der Waals surface area (Å²) < 4.78 is 2.02. The van der Waals surface area contributed by atoms with E-state index in [9.17, 15) is 0 Å². The molecule has 0 saturated carbocycles. The summed E-state index contributed by atoms with van der Waals surface area (Å²) in [6, 6.07) is 9.10. The van der Waals surface area contributed by atoms with E-state index in [-0.39, 0.29) is 0 Å². The van der Waals surface area contributed by atoms with Gasteiger partial charge >= 0.3 is 0 Å². The number of rotatable bonds is 5. The molecular formula is C17H24N4. The predicted octanol–water partition coefficient (Wildman–Crippen LogP) is 2.47. The second kappa shape index (κ2) is 6.41. The van der Waals surface area contributed by atoms with Crippen molar-refractivity contribution in [1.82, 2.24) is 19.8 Å². The minimum absolute atomic E-state index is 0.396. The van der Waals surface area contributed by atoms with Crippen LogP contribution < -0.4 is 5.32 Å². The number of likely N-dealkylation sites (tertiary alicyclic amines) is 1. The van der Waals surface area contributed by atoms with Gasteiger partial charge in [0.05, 0.1) is 6.33 Å². The lowest BCUT2D eigenvalue weighted by Crippen LogP contribution is -2.27. The Hall–Kier alpha value is -1.65. The minimum Gasteiger partial charge on any atom is -0.310 e. The van der Waals surface area contributed by atoms with Gasteiger partial charge in [-0.1, -0.05) is 12.1 Å². The molecule has 4 nitrogen and oxygen atoms in total. The van der Waals surface area contributed by atoms with Crippen LogP contribution in [0.5, 0.6) is 0 Å². The van der Waals surface area contributed by atoms with Crippen molar-refractivity contribution in [2.24, 2.45) is 5.92 Å². The van der Waals surface area contributed by atoms with Gasteiger partial charge in [0.1, 0.15) is 0 Å². The molecule has 0 bridgehead atoms. The number of hydrogen-bond acceptors (Lipinski definition) is 3. The molecule has 21 heavy (non-hydrogen) atoms. The molecule has 1 N–H and O–H groups in total. The molecule has 1 aromatic carbocycles. The Bertz CT molecular complexity index is 547. The Labute approximate surface area is 126 Å². The molecule has 2 atom stereocenters. The Morgan fingerprint density at radius 2 is 2.14 bits per heavy atom. The first-order chi connectivity index (χ1) is 10.2. The van der Waals surface area contributed by atoms with Crippen LogP contribution in [0.4, 0.5) is 0 Å². The van der Waals surface area contributed by atoms with Crippen molar-refractivity contribution < 1.29 is 0 Å². The third-order valence-electron chi connectivity index (χ3n) is 4.40. The molecule has 1 aromatic heterocycles. The average molecular weight is 284 g/mol. The van der Waals surface area contributed by atoms with Crippen LogP contribution in [0, 0.1) is 5.92 Å². The molecule has 0 radical (unpaired) electrons. The minimum atomic E-state index is 0.396. The van der Waals surface area contributed by atoms with E-state index in [2.05, 4.69) is 53.4 Å². The Kier molecular flexibility index (Phi) is 4.36. The molecule has 2 heterocycles. The first-order valence-electron chi connectivity index (χ1n) is 7.72. The highest BCUT2D eigenvalue weighted by Crippen LogP contribution is 2.18. The fourth-order valence-electron chi connectivity index (χ4n) is 3.00. The molecule has 2 aromatic rings. The van der Waals surface area contributed by atoms with Gasteiger partial charge in [-0.15, -0.1) is 0 Å². The zero-order valence-electron chi connectivity index (χ0n) is 12.9. The molecule has 2 unspecified atom stereocenters.